The average Bonchev–Trinajstić information content (AvgIpc) is 2.43. The summed E-state index contributed by atoms with van der Waals surface area (Å²) in [4.78, 5) is 12.6. The first-order valence-electron chi connectivity index (χ1n) is 5.64. The number of carbonyl (C=O) groups excluding carboxylic acids is 1. The van der Waals surface area contributed by atoms with E-state index in [1.54, 1.807) is 18.2 Å². The summed E-state index contributed by atoms with van der Waals surface area (Å²) in [5.74, 6) is -0.557. The molecule has 0 spiro atoms. The fourth-order valence-corrected chi connectivity index (χ4v) is 2.24. The minimum absolute atomic E-state index is 0.0561. The molecule has 1 amide bonds. The maximum atomic E-state index is 13.6. The summed E-state index contributed by atoms with van der Waals surface area (Å²) in [5, 5.41) is 2.61. The van der Waals surface area contributed by atoms with E-state index in [0.717, 1.165) is 4.47 Å². The minimum Gasteiger partial charge on any atom is -0.495 e. The Morgan fingerprint density at radius 1 is 1.30 bits per heavy atom. The van der Waals surface area contributed by atoms with Crippen LogP contribution in [0.5, 0.6) is 5.75 Å². The van der Waals surface area contributed by atoms with Crippen molar-refractivity contribution in [2.24, 2.45) is 0 Å². The van der Waals surface area contributed by atoms with Crippen molar-refractivity contribution < 1.29 is 13.9 Å². The van der Waals surface area contributed by atoms with Gasteiger partial charge in [-0.2, -0.15) is 0 Å². The fourth-order valence-electron chi connectivity index (χ4n) is 1.62. The number of hydrogen-bond acceptors (Lipinski definition) is 3. The van der Waals surface area contributed by atoms with E-state index >= 15 is 0 Å². The molecule has 0 aliphatic heterocycles. The Labute approximate surface area is 129 Å². The predicted octanol–water partition coefficient (Wildman–Crippen LogP) is 4.14. The van der Waals surface area contributed by atoms with Crippen molar-refractivity contribution in [1.29, 1.82) is 0 Å². The second-order valence-electron chi connectivity index (χ2n) is 3.97. The van der Waals surface area contributed by atoms with Crippen molar-refractivity contribution in [2.45, 2.75) is 4.90 Å². The maximum Gasteiger partial charge on any atom is 0.258 e. The quantitative estimate of drug-likeness (QED) is 0.812. The first kappa shape index (κ1) is 14.9. The number of halogens is 2. The van der Waals surface area contributed by atoms with Gasteiger partial charge >= 0.3 is 0 Å². The van der Waals surface area contributed by atoms with Gasteiger partial charge in [0.25, 0.3) is 5.91 Å². The van der Waals surface area contributed by atoms with E-state index in [-0.39, 0.29) is 5.56 Å². The second kappa shape index (κ2) is 6.28. The van der Waals surface area contributed by atoms with Crippen molar-refractivity contribution in [3.05, 3.63) is 52.3 Å². The van der Waals surface area contributed by atoms with Crippen LogP contribution in [0.3, 0.4) is 0 Å². The second-order valence-corrected chi connectivity index (χ2v) is 5.34. The van der Waals surface area contributed by atoms with Crippen LogP contribution < -0.4 is 10.1 Å². The lowest BCUT2D eigenvalue weighted by atomic mass is 10.2. The molecule has 0 aromatic heterocycles. The summed E-state index contributed by atoms with van der Waals surface area (Å²) in [6.45, 7) is 0. The topological polar surface area (TPSA) is 38.3 Å². The number of benzene rings is 2. The van der Waals surface area contributed by atoms with Crippen LogP contribution in [0.25, 0.3) is 0 Å². The van der Waals surface area contributed by atoms with Crippen LogP contribution in [-0.4, -0.2) is 13.0 Å². The molecule has 0 heterocycles. The molecule has 0 saturated heterocycles. The fraction of sp³-hybridized carbons (Fsp3) is 0.0714. The lowest BCUT2D eigenvalue weighted by molar-refractivity contribution is 0.102. The monoisotopic (exact) mass is 355 g/mol. The number of amides is 1. The number of ether oxygens (including phenoxy) is 1. The lowest BCUT2D eigenvalue weighted by Crippen LogP contribution is -2.13. The molecule has 0 fully saturated rings. The Morgan fingerprint density at radius 2 is 2.05 bits per heavy atom. The molecule has 2 aromatic carbocycles. The number of carbonyl (C=O) groups is 1. The van der Waals surface area contributed by atoms with Crippen molar-refractivity contribution in [3.63, 3.8) is 0 Å². The van der Waals surface area contributed by atoms with Crippen LogP contribution in [-0.2, 0) is 0 Å². The Morgan fingerprint density at radius 3 is 2.75 bits per heavy atom. The van der Waals surface area contributed by atoms with Crippen molar-refractivity contribution in [2.75, 3.05) is 12.4 Å². The molecule has 0 saturated carbocycles. The summed E-state index contributed by atoms with van der Waals surface area (Å²) < 4.78 is 19.5. The van der Waals surface area contributed by atoms with Gasteiger partial charge in [-0.15, -0.1) is 12.6 Å². The Hall–Kier alpha value is -1.53. The van der Waals surface area contributed by atoms with Crippen molar-refractivity contribution in [1.82, 2.24) is 0 Å². The first-order valence-corrected chi connectivity index (χ1v) is 6.88. The number of anilines is 1. The zero-order chi connectivity index (χ0) is 14.7. The molecular formula is C14H11BrFNO2S. The first-order chi connectivity index (χ1) is 9.51. The van der Waals surface area contributed by atoms with E-state index in [0.29, 0.717) is 16.3 Å². The molecule has 3 nitrogen and oxygen atoms in total. The van der Waals surface area contributed by atoms with E-state index in [1.165, 1.54) is 25.3 Å². The molecule has 2 rings (SSSR count). The van der Waals surface area contributed by atoms with Gasteiger partial charge in [0, 0.05) is 16.6 Å². The summed E-state index contributed by atoms with van der Waals surface area (Å²) >= 11 is 7.41. The molecule has 6 heteroatoms. The number of rotatable bonds is 3. The van der Waals surface area contributed by atoms with Gasteiger partial charge in [0.2, 0.25) is 0 Å². The predicted molar refractivity (Wildman–Crippen MR) is 82.3 cm³/mol. The number of methoxy groups -OCH3 is 1. The van der Waals surface area contributed by atoms with Crippen LogP contribution in [0.2, 0.25) is 0 Å². The van der Waals surface area contributed by atoms with E-state index in [4.69, 9.17) is 4.74 Å². The van der Waals surface area contributed by atoms with Crippen LogP contribution in [0.1, 0.15) is 10.4 Å². The minimum atomic E-state index is -0.593. The normalized spacial score (nSPS) is 10.2. The third kappa shape index (κ3) is 3.32. The molecule has 0 bridgehead atoms. The van der Waals surface area contributed by atoms with Gasteiger partial charge in [0.15, 0.2) is 0 Å². The van der Waals surface area contributed by atoms with Gasteiger partial charge in [-0.25, -0.2) is 4.39 Å². The Balaban J connectivity index is 2.25. The summed E-state index contributed by atoms with van der Waals surface area (Å²) in [6, 6.07) is 9.14. The standard InChI is InChI=1S/C14H11BrFNO2S/c1-19-13-6-8(2-4-11(13)15)17-14(18)10-7-9(20)3-5-12(10)16/h2-7,20H,1H3,(H,17,18). The molecule has 0 radical (unpaired) electrons. The summed E-state index contributed by atoms with van der Waals surface area (Å²) in [5.41, 5.74) is 0.457. The highest BCUT2D eigenvalue weighted by Crippen LogP contribution is 2.28. The van der Waals surface area contributed by atoms with Crippen LogP contribution in [0.15, 0.2) is 45.8 Å². The highest BCUT2D eigenvalue weighted by Gasteiger charge is 2.13. The molecule has 2 aromatic rings. The Bertz CT molecular complexity index is 664. The molecule has 0 aliphatic carbocycles. The van der Waals surface area contributed by atoms with Gasteiger partial charge in [-0.05, 0) is 46.3 Å². The van der Waals surface area contributed by atoms with E-state index < -0.39 is 11.7 Å². The zero-order valence-electron chi connectivity index (χ0n) is 10.5. The number of nitrogens with one attached hydrogen (secondary N) is 1. The molecule has 104 valence electrons. The average molecular weight is 356 g/mol. The lowest BCUT2D eigenvalue weighted by Gasteiger charge is -2.09. The zero-order valence-corrected chi connectivity index (χ0v) is 13.0. The smallest absolute Gasteiger partial charge is 0.258 e. The van der Waals surface area contributed by atoms with Gasteiger partial charge in [0.1, 0.15) is 11.6 Å². The molecule has 1 N–H and O–H groups in total. The van der Waals surface area contributed by atoms with Crippen molar-refractivity contribution >= 4 is 40.2 Å². The van der Waals surface area contributed by atoms with Crippen LogP contribution >= 0.6 is 28.6 Å². The SMILES string of the molecule is COc1cc(NC(=O)c2cc(S)ccc2F)ccc1Br. The van der Waals surface area contributed by atoms with Gasteiger partial charge in [-0.1, -0.05) is 0 Å². The number of hydrogen-bond donors (Lipinski definition) is 2. The van der Waals surface area contributed by atoms with Crippen molar-refractivity contribution in [3.8, 4) is 5.75 Å². The molecule has 0 atom stereocenters. The summed E-state index contributed by atoms with van der Waals surface area (Å²) in [7, 11) is 1.52. The highest BCUT2D eigenvalue weighted by molar-refractivity contribution is 9.10. The summed E-state index contributed by atoms with van der Waals surface area (Å²) in [6.07, 6.45) is 0. The molecule has 20 heavy (non-hydrogen) atoms. The largest absolute Gasteiger partial charge is 0.495 e. The van der Waals surface area contributed by atoms with E-state index in [9.17, 15) is 9.18 Å². The third-order valence-electron chi connectivity index (χ3n) is 2.60. The van der Waals surface area contributed by atoms with Gasteiger partial charge in [-0.3, -0.25) is 4.79 Å². The highest BCUT2D eigenvalue weighted by atomic mass is 79.9. The maximum absolute atomic E-state index is 13.6. The molecule has 0 aliphatic rings. The Kier molecular flexibility index (Phi) is 4.67. The third-order valence-corrected chi connectivity index (χ3v) is 3.54. The van der Waals surface area contributed by atoms with Gasteiger partial charge in [0.05, 0.1) is 17.1 Å². The number of thiol groups is 1. The van der Waals surface area contributed by atoms with E-state index in [1.807, 2.05) is 0 Å². The van der Waals surface area contributed by atoms with Gasteiger partial charge < -0.3 is 10.1 Å². The molecular weight excluding hydrogens is 345 g/mol. The van der Waals surface area contributed by atoms with Crippen LogP contribution in [0, 0.1) is 5.82 Å². The van der Waals surface area contributed by atoms with E-state index in [2.05, 4.69) is 33.9 Å². The van der Waals surface area contributed by atoms with Crippen LogP contribution in [0.4, 0.5) is 10.1 Å². The molecule has 0 unspecified atom stereocenters.